The van der Waals surface area contributed by atoms with Crippen LogP contribution >= 0.6 is 0 Å². The van der Waals surface area contributed by atoms with Crippen LogP contribution in [-0.4, -0.2) is 0 Å². The molecule has 18 heavy (non-hydrogen) atoms. The normalized spacial score (nSPS) is 14.6. The second-order valence-electron chi connectivity index (χ2n) is 7.00. The molecule has 0 aromatic heterocycles. The van der Waals surface area contributed by atoms with Crippen molar-refractivity contribution in [1.82, 2.24) is 0 Å². The molecule has 0 amide bonds. The maximum Gasteiger partial charge on any atom is -0.0323 e. The standard InChI is InChI=1S/C18H36/c1-15(2)9-7-10-17(5)11-8-12-18(6)14-13-16(3)4/h14-17H,7-13H2,1-6H3/b18-14+. The molecule has 0 spiro atoms. The van der Waals surface area contributed by atoms with E-state index in [1.807, 2.05) is 0 Å². The Labute approximate surface area is 116 Å². The molecule has 0 heterocycles. The molecule has 1 atom stereocenters. The third-order valence-electron chi connectivity index (χ3n) is 3.68. The van der Waals surface area contributed by atoms with Crippen molar-refractivity contribution in [2.24, 2.45) is 17.8 Å². The summed E-state index contributed by atoms with van der Waals surface area (Å²) in [6.07, 6.45) is 12.0. The molecule has 0 aromatic carbocycles. The summed E-state index contributed by atoms with van der Waals surface area (Å²) in [6.45, 7) is 14.0. The first kappa shape index (κ1) is 17.7. The Kier molecular flexibility index (Phi) is 10.5. The summed E-state index contributed by atoms with van der Waals surface area (Å²) in [7, 11) is 0. The topological polar surface area (TPSA) is 0 Å². The van der Waals surface area contributed by atoms with Gasteiger partial charge in [-0.25, -0.2) is 0 Å². The van der Waals surface area contributed by atoms with E-state index in [0.717, 1.165) is 17.8 Å². The molecule has 1 unspecified atom stereocenters. The van der Waals surface area contributed by atoms with Gasteiger partial charge in [0.2, 0.25) is 0 Å². The van der Waals surface area contributed by atoms with E-state index in [1.54, 1.807) is 5.57 Å². The van der Waals surface area contributed by atoms with Crippen LogP contribution in [0.4, 0.5) is 0 Å². The Balaban J connectivity index is 3.55. The van der Waals surface area contributed by atoms with Crippen LogP contribution in [0.15, 0.2) is 11.6 Å². The maximum absolute atomic E-state index is 2.44. The minimum Gasteiger partial charge on any atom is -0.0854 e. The number of hydrogen-bond acceptors (Lipinski definition) is 0. The molecule has 0 saturated heterocycles. The number of allylic oxidation sites excluding steroid dienone is 2. The number of rotatable bonds is 10. The van der Waals surface area contributed by atoms with Crippen molar-refractivity contribution in [3.8, 4) is 0 Å². The van der Waals surface area contributed by atoms with Gasteiger partial charge in [0.15, 0.2) is 0 Å². The predicted octanol–water partition coefficient (Wildman–Crippen LogP) is 6.61. The lowest BCUT2D eigenvalue weighted by atomic mass is 9.94. The Morgan fingerprint density at radius 3 is 2.00 bits per heavy atom. The van der Waals surface area contributed by atoms with Crippen molar-refractivity contribution in [2.75, 3.05) is 0 Å². The molecular formula is C18H36. The fourth-order valence-corrected chi connectivity index (χ4v) is 2.29. The SMILES string of the molecule is C/C(=C\CC(C)C)CCCC(C)CCCC(C)C. The molecule has 0 radical (unpaired) electrons. The highest BCUT2D eigenvalue weighted by Gasteiger charge is 2.03. The van der Waals surface area contributed by atoms with E-state index in [2.05, 4.69) is 47.6 Å². The Morgan fingerprint density at radius 2 is 1.44 bits per heavy atom. The van der Waals surface area contributed by atoms with Crippen molar-refractivity contribution in [3.05, 3.63) is 11.6 Å². The van der Waals surface area contributed by atoms with Crippen LogP contribution in [0.3, 0.4) is 0 Å². The quantitative estimate of drug-likeness (QED) is 0.384. The lowest BCUT2D eigenvalue weighted by Crippen LogP contribution is -1.97. The second kappa shape index (κ2) is 10.6. The first-order valence-electron chi connectivity index (χ1n) is 8.07. The predicted molar refractivity (Wildman–Crippen MR) is 84.9 cm³/mol. The van der Waals surface area contributed by atoms with Crippen LogP contribution in [0, 0.1) is 17.8 Å². The van der Waals surface area contributed by atoms with Gasteiger partial charge in [0.25, 0.3) is 0 Å². The van der Waals surface area contributed by atoms with Gasteiger partial charge < -0.3 is 0 Å². The molecule has 0 fully saturated rings. The fraction of sp³-hybridized carbons (Fsp3) is 0.889. The van der Waals surface area contributed by atoms with Gasteiger partial charge in [0.05, 0.1) is 0 Å². The van der Waals surface area contributed by atoms with Gasteiger partial charge in [-0.15, -0.1) is 0 Å². The van der Waals surface area contributed by atoms with E-state index in [-0.39, 0.29) is 0 Å². The molecule has 0 aliphatic rings. The molecule has 0 aromatic rings. The fourth-order valence-electron chi connectivity index (χ4n) is 2.29. The van der Waals surface area contributed by atoms with Crippen molar-refractivity contribution < 1.29 is 0 Å². The summed E-state index contributed by atoms with van der Waals surface area (Å²) >= 11 is 0. The zero-order chi connectivity index (χ0) is 14.0. The van der Waals surface area contributed by atoms with Crippen molar-refractivity contribution in [3.63, 3.8) is 0 Å². The van der Waals surface area contributed by atoms with Crippen LogP contribution < -0.4 is 0 Å². The van der Waals surface area contributed by atoms with Gasteiger partial charge in [0, 0.05) is 0 Å². The van der Waals surface area contributed by atoms with E-state index in [0.29, 0.717) is 0 Å². The molecule has 0 N–H and O–H groups in total. The van der Waals surface area contributed by atoms with Gasteiger partial charge >= 0.3 is 0 Å². The monoisotopic (exact) mass is 252 g/mol. The molecule has 0 heteroatoms. The first-order valence-corrected chi connectivity index (χ1v) is 8.07. The second-order valence-corrected chi connectivity index (χ2v) is 7.00. The van der Waals surface area contributed by atoms with Gasteiger partial charge in [-0.05, 0) is 43.9 Å². The smallest absolute Gasteiger partial charge is 0.0323 e. The van der Waals surface area contributed by atoms with E-state index in [9.17, 15) is 0 Å². The Bertz CT molecular complexity index is 210. The van der Waals surface area contributed by atoms with Crippen molar-refractivity contribution >= 4 is 0 Å². The van der Waals surface area contributed by atoms with Crippen LogP contribution in [0.25, 0.3) is 0 Å². The van der Waals surface area contributed by atoms with Crippen molar-refractivity contribution in [2.45, 2.75) is 86.5 Å². The van der Waals surface area contributed by atoms with E-state index >= 15 is 0 Å². The zero-order valence-electron chi connectivity index (χ0n) is 13.8. The maximum atomic E-state index is 2.44. The molecular weight excluding hydrogens is 216 g/mol. The van der Waals surface area contributed by atoms with E-state index in [1.165, 1.54) is 44.9 Å². The zero-order valence-corrected chi connectivity index (χ0v) is 13.8. The van der Waals surface area contributed by atoms with Gasteiger partial charge in [-0.2, -0.15) is 0 Å². The average Bonchev–Trinajstić information content (AvgIpc) is 2.25. The summed E-state index contributed by atoms with van der Waals surface area (Å²) < 4.78 is 0. The lowest BCUT2D eigenvalue weighted by Gasteiger charge is -2.12. The van der Waals surface area contributed by atoms with Crippen LogP contribution in [0.1, 0.15) is 86.5 Å². The van der Waals surface area contributed by atoms with Gasteiger partial charge in [0.1, 0.15) is 0 Å². The summed E-state index contributed by atoms with van der Waals surface area (Å²) in [4.78, 5) is 0. The molecule has 0 bridgehead atoms. The summed E-state index contributed by atoms with van der Waals surface area (Å²) in [5.74, 6) is 2.59. The van der Waals surface area contributed by atoms with Gasteiger partial charge in [-0.1, -0.05) is 72.0 Å². The van der Waals surface area contributed by atoms with Gasteiger partial charge in [-0.3, -0.25) is 0 Å². The summed E-state index contributed by atoms with van der Waals surface area (Å²) in [5, 5.41) is 0. The minimum absolute atomic E-state index is 0.801. The third kappa shape index (κ3) is 12.2. The Morgan fingerprint density at radius 1 is 0.833 bits per heavy atom. The highest BCUT2D eigenvalue weighted by molar-refractivity contribution is 4.97. The first-order chi connectivity index (χ1) is 8.41. The molecule has 0 aliphatic heterocycles. The molecule has 0 saturated carbocycles. The molecule has 0 nitrogen and oxygen atoms in total. The average molecular weight is 252 g/mol. The van der Waals surface area contributed by atoms with E-state index < -0.39 is 0 Å². The largest absolute Gasteiger partial charge is 0.0854 e. The van der Waals surface area contributed by atoms with Crippen LogP contribution in [0.5, 0.6) is 0 Å². The summed E-state index contributed by atoms with van der Waals surface area (Å²) in [6, 6.07) is 0. The summed E-state index contributed by atoms with van der Waals surface area (Å²) in [5.41, 5.74) is 1.60. The molecule has 0 rings (SSSR count). The third-order valence-corrected chi connectivity index (χ3v) is 3.68. The molecule has 0 aliphatic carbocycles. The van der Waals surface area contributed by atoms with Crippen LogP contribution in [-0.2, 0) is 0 Å². The Hall–Kier alpha value is -0.260. The highest BCUT2D eigenvalue weighted by atomic mass is 14.1. The highest BCUT2D eigenvalue weighted by Crippen LogP contribution is 2.19. The lowest BCUT2D eigenvalue weighted by molar-refractivity contribution is 0.427. The van der Waals surface area contributed by atoms with Crippen molar-refractivity contribution in [1.29, 1.82) is 0 Å². The number of hydrogen-bond donors (Lipinski definition) is 0. The molecule has 108 valence electrons. The van der Waals surface area contributed by atoms with Crippen LogP contribution in [0.2, 0.25) is 0 Å². The van der Waals surface area contributed by atoms with E-state index in [4.69, 9.17) is 0 Å². The minimum atomic E-state index is 0.801.